The summed E-state index contributed by atoms with van der Waals surface area (Å²) in [5, 5.41) is 16.5. The highest BCUT2D eigenvalue weighted by Crippen LogP contribution is 2.10. The Morgan fingerprint density at radius 1 is 1.47 bits per heavy atom. The number of aliphatic hydroxyl groups is 1. The molecule has 1 rings (SSSR count). The average Bonchev–Trinajstić information content (AvgIpc) is 2.39. The van der Waals surface area contributed by atoms with Crippen LogP contribution in [0.5, 0.6) is 0 Å². The maximum absolute atomic E-state index is 11.2. The van der Waals surface area contributed by atoms with E-state index in [1.807, 2.05) is 11.8 Å². The van der Waals surface area contributed by atoms with Crippen LogP contribution in [0, 0.1) is 0 Å². The summed E-state index contributed by atoms with van der Waals surface area (Å²) < 4.78 is 4.54. The number of rotatable bonds is 6. The van der Waals surface area contributed by atoms with Crippen LogP contribution >= 0.6 is 0 Å². The van der Waals surface area contributed by atoms with E-state index in [2.05, 4.69) is 14.9 Å². The number of nitrogens with zero attached hydrogens (tertiary/aromatic N) is 3. The molecule has 0 aliphatic heterocycles. The first-order valence-electron chi connectivity index (χ1n) is 5.50. The van der Waals surface area contributed by atoms with Gasteiger partial charge in [0, 0.05) is 19.7 Å². The first kappa shape index (κ1) is 13.4. The smallest absolute Gasteiger partial charge is 0.358 e. The van der Waals surface area contributed by atoms with Crippen molar-refractivity contribution in [2.75, 3.05) is 31.7 Å². The first-order chi connectivity index (χ1) is 8.22. The van der Waals surface area contributed by atoms with E-state index < -0.39 is 5.97 Å². The zero-order valence-corrected chi connectivity index (χ0v) is 10.1. The Kier molecular flexibility index (Phi) is 5.35. The van der Waals surface area contributed by atoms with E-state index in [-0.39, 0.29) is 12.3 Å². The summed E-state index contributed by atoms with van der Waals surface area (Å²) in [7, 11) is 1.30. The molecule has 17 heavy (non-hydrogen) atoms. The number of hydrogen-bond donors (Lipinski definition) is 1. The van der Waals surface area contributed by atoms with Crippen molar-refractivity contribution in [1.29, 1.82) is 0 Å². The largest absolute Gasteiger partial charge is 0.464 e. The van der Waals surface area contributed by atoms with Gasteiger partial charge in [-0.05, 0) is 25.5 Å². The zero-order chi connectivity index (χ0) is 12.7. The third-order valence-electron chi connectivity index (χ3n) is 2.34. The maximum atomic E-state index is 11.2. The number of esters is 1. The molecule has 1 N–H and O–H groups in total. The number of carbonyl (C=O) groups is 1. The molecule has 0 aromatic carbocycles. The van der Waals surface area contributed by atoms with E-state index >= 15 is 0 Å². The van der Waals surface area contributed by atoms with Crippen LogP contribution in [0.25, 0.3) is 0 Å². The predicted octanol–water partition coefficient (Wildman–Crippen LogP) is 0.472. The van der Waals surface area contributed by atoms with E-state index in [4.69, 9.17) is 5.11 Å². The van der Waals surface area contributed by atoms with Crippen LogP contribution in [0.2, 0.25) is 0 Å². The molecule has 6 heteroatoms. The molecular formula is C11H17N3O3. The van der Waals surface area contributed by atoms with Crippen molar-refractivity contribution in [3.8, 4) is 0 Å². The second-order valence-corrected chi connectivity index (χ2v) is 3.43. The van der Waals surface area contributed by atoms with Crippen molar-refractivity contribution in [3.63, 3.8) is 0 Å². The topological polar surface area (TPSA) is 75.5 Å². The minimum absolute atomic E-state index is 0.143. The van der Waals surface area contributed by atoms with Gasteiger partial charge in [-0.15, -0.1) is 10.2 Å². The Bertz CT molecular complexity index is 353. The van der Waals surface area contributed by atoms with Gasteiger partial charge < -0.3 is 14.7 Å². The van der Waals surface area contributed by atoms with Gasteiger partial charge in [-0.2, -0.15) is 0 Å². The molecular weight excluding hydrogens is 222 g/mol. The van der Waals surface area contributed by atoms with Crippen LogP contribution in [0.4, 0.5) is 5.82 Å². The summed E-state index contributed by atoms with van der Waals surface area (Å²) >= 11 is 0. The lowest BCUT2D eigenvalue weighted by molar-refractivity contribution is 0.0592. The van der Waals surface area contributed by atoms with Crippen LogP contribution in [-0.2, 0) is 4.74 Å². The van der Waals surface area contributed by atoms with Crippen LogP contribution in [-0.4, -0.2) is 48.1 Å². The van der Waals surface area contributed by atoms with Gasteiger partial charge in [0.15, 0.2) is 11.5 Å². The Morgan fingerprint density at radius 2 is 2.24 bits per heavy atom. The number of anilines is 1. The molecule has 1 aromatic rings. The molecule has 0 amide bonds. The molecule has 0 spiro atoms. The monoisotopic (exact) mass is 239 g/mol. The summed E-state index contributed by atoms with van der Waals surface area (Å²) in [6.07, 6.45) is 0.675. The Labute approximate surface area is 100 Å². The normalized spacial score (nSPS) is 10.1. The third kappa shape index (κ3) is 3.67. The third-order valence-corrected chi connectivity index (χ3v) is 2.34. The molecule has 0 radical (unpaired) electrons. The SMILES string of the molecule is CCN(CCCO)c1ccc(C(=O)OC)nn1. The highest BCUT2D eigenvalue weighted by molar-refractivity contribution is 5.86. The van der Waals surface area contributed by atoms with Gasteiger partial charge in [0.2, 0.25) is 0 Å². The maximum Gasteiger partial charge on any atom is 0.358 e. The van der Waals surface area contributed by atoms with Gasteiger partial charge in [-0.25, -0.2) is 4.79 Å². The zero-order valence-electron chi connectivity index (χ0n) is 10.1. The van der Waals surface area contributed by atoms with Crippen LogP contribution in [0.3, 0.4) is 0 Å². The van der Waals surface area contributed by atoms with E-state index in [0.717, 1.165) is 6.54 Å². The molecule has 0 aliphatic rings. The minimum atomic E-state index is -0.498. The molecule has 94 valence electrons. The molecule has 0 saturated carbocycles. The van der Waals surface area contributed by atoms with Crippen LogP contribution in [0.1, 0.15) is 23.8 Å². The Hall–Kier alpha value is -1.69. The molecule has 6 nitrogen and oxygen atoms in total. The molecule has 0 unspecified atom stereocenters. The summed E-state index contributed by atoms with van der Waals surface area (Å²) in [5.41, 5.74) is 0.189. The van der Waals surface area contributed by atoms with Crippen molar-refractivity contribution >= 4 is 11.8 Å². The highest BCUT2D eigenvalue weighted by Gasteiger charge is 2.10. The lowest BCUT2D eigenvalue weighted by Gasteiger charge is -2.20. The highest BCUT2D eigenvalue weighted by atomic mass is 16.5. The molecule has 1 aromatic heterocycles. The van der Waals surface area contributed by atoms with E-state index in [9.17, 15) is 4.79 Å². The fraction of sp³-hybridized carbons (Fsp3) is 0.545. The quantitative estimate of drug-likeness (QED) is 0.727. The van der Waals surface area contributed by atoms with Gasteiger partial charge in [0.25, 0.3) is 0 Å². The van der Waals surface area contributed by atoms with Gasteiger partial charge in [0.05, 0.1) is 7.11 Å². The molecule has 0 atom stereocenters. The predicted molar refractivity (Wildman–Crippen MR) is 63.0 cm³/mol. The molecule has 0 bridgehead atoms. The minimum Gasteiger partial charge on any atom is -0.464 e. The Morgan fingerprint density at radius 3 is 2.71 bits per heavy atom. The Balaban J connectivity index is 2.74. The first-order valence-corrected chi connectivity index (χ1v) is 5.50. The number of carbonyl (C=O) groups excluding carboxylic acids is 1. The fourth-order valence-electron chi connectivity index (χ4n) is 1.40. The summed E-state index contributed by atoms with van der Waals surface area (Å²) in [6, 6.07) is 3.30. The van der Waals surface area contributed by atoms with Crippen molar-refractivity contribution in [3.05, 3.63) is 17.8 Å². The number of methoxy groups -OCH3 is 1. The number of aromatic nitrogens is 2. The van der Waals surface area contributed by atoms with Crippen molar-refractivity contribution in [1.82, 2.24) is 10.2 Å². The fourth-order valence-corrected chi connectivity index (χ4v) is 1.40. The summed E-state index contributed by atoms with van der Waals surface area (Å²) in [5.74, 6) is 0.191. The second kappa shape index (κ2) is 6.80. The molecule has 0 saturated heterocycles. The number of ether oxygens (including phenoxy) is 1. The molecule has 0 aliphatic carbocycles. The van der Waals surface area contributed by atoms with E-state index in [0.29, 0.717) is 18.8 Å². The molecule has 1 heterocycles. The number of aliphatic hydroxyl groups excluding tert-OH is 1. The van der Waals surface area contributed by atoms with Gasteiger partial charge >= 0.3 is 5.97 Å². The molecule has 0 fully saturated rings. The van der Waals surface area contributed by atoms with Crippen molar-refractivity contribution in [2.24, 2.45) is 0 Å². The van der Waals surface area contributed by atoms with Gasteiger partial charge in [-0.1, -0.05) is 0 Å². The van der Waals surface area contributed by atoms with Gasteiger partial charge in [0.1, 0.15) is 0 Å². The second-order valence-electron chi connectivity index (χ2n) is 3.43. The van der Waals surface area contributed by atoms with E-state index in [1.165, 1.54) is 7.11 Å². The summed E-state index contributed by atoms with van der Waals surface area (Å²) in [6.45, 7) is 3.61. The summed E-state index contributed by atoms with van der Waals surface area (Å²) in [4.78, 5) is 13.1. The number of hydrogen-bond acceptors (Lipinski definition) is 6. The van der Waals surface area contributed by atoms with E-state index in [1.54, 1.807) is 12.1 Å². The lowest BCUT2D eigenvalue weighted by Crippen LogP contribution is -2.26. The van der Waals surface area contributed by atoms with Crippen LogP contribution < -0.4 is 4.90 Å². The van der Waals surface area contributed by atoms with Crippen LogP contribution in [0.15, 0.2) is 12.1 Å². The van der Waals surface area contributed by atoms with Crippen molar-refractivity contribution < 1.29 is 14.6 Å². The van der Waals surface area contributed by atoms with Gasteiger partial charge in [-0.3, -0.25) is 0 Å². The average molecular weight is 239 g/mol. The standard InChI is InChI=1S/C11H17N3O3/c1-3-14(7-4-8-15)10-6-5-9(12-13-10)11(16)17-2/h5-6,15H,3-4,7-8H2,1-2H3. The van der Waals surface area contributed by atoms with Crippen molar-refractivity contribution in [2.45, 2.75) is 13.3 Å². The lowest BCUT2D eigenvalue weighted by atomic mass is 10.3.